The predicted molar refractivity (Wildman–Crippen MR) is 36.6 cm³/mol. The van der Waals surface area contributed by atoms with Crippen molar-refractivity contribution in [1.82, 2.24) is 0 Å². The minimum atomic E-state index is 1.37. The molecule has 1 aromatic carbocycles. The van der Waals surface area contributed by atoms with Gasteiger partial charge in [-0.15, -0.1) is 0 Å². The average molecular weight is 219 g/mol. The van der Waals surface area contributed by atoms with Crippen molar-refractivity contribution in [2.75, 3.05) is 0 Å². The standard InChI is InChI=1S/C7H7Te/c1-6-4-2-3-5-7(6)8/h2-5H,1H3. The molecular formula is C7H7Te. The van der Waals surface area contributed by atoms with E-state index in [4.69, 9.17) is 0 Å². The van der Waals surface area contributed by atoms with Crippen molar-refractivity contribution in [3.05, 3.63) is 29.8 Å². The summed E-state index contributed by atoms with van der Waals surface area (Å²) in [6.07, 6.45) is 0. The molecule has 0 aliphatic rings. The molecule has 1 rings (SSSR count). The van der Waals surface area contributed by atoms with Crippen molar-refractivity contribution in [3.8, 4) is 0 Å². The molecule has 0 bridgehead atoms. The molecule has 0 aromatic heterocycles. The van der Waals surface area contributed by atoms with Crippen molar-refractivity contribution < 1.29 is 0 Å². The van der Waals surface area contributed by atoms with E-state index in [1.165, 1.54) is 9.17 Å². The molecule has 8 heavy (non-hydrogen) atoms. The SMILES string of the molecule is Cc1ccccc1[Te]. The van der Waals surface area contributed by atoms with Gasteiger partial charge in [0.2, 0.25) is 0 Å². The molecule has 0 unspecified atom stereocenters. The van der Waals surface area contributed by atoms with E-state index in [1.54, 1.807) is 0 Å². The van der Waals surface area contributed by atoms with Crippen molar-refractivity contribution >= 4 is 25.9 Å². The van der Waals surface area contributed by atoms with Gasteiger partial charge < -0.3 is 0 Å². The van der Waals surface area contributed by atoms with Crippen molar-refractivity contribution in [2.45, 2.75) is 6.92 Å². The van der Waals surface area contributed by atoms with Gasteiger partial charge in [0.1, 0.15) is 0 Å². The van der Waals surface area contributed by atoms with Crippen molar-refractivity contribution in [1.29, 1.82) is 0 Å². The van der Waals surface area contributed by atoms with Crippen LogP contribution in [-0.4, -0.2) is 22.3 Å². The van der Waals surface area contributed by atoms with Crippen LogP contribution in [-0.2, 0) is 0 Å². The molecule has 1 heteroatoms. The van der Waals surface area contributed by atoms with Gasteiger partial charge in [-0.2, -0.15) is 0 Å². The van der Waals surface area contributed by atoms with Gasteiger partial charge in [0, 0.05) is 0 Å². The van der Waals surface area contributed by atoms with Gasteiger partial charge in [-0.05, 0) is 0 Å². The van der Waals surface area contributed by atoms with E-state index in [2.05, 4.69) is 53.5 Å². The van der Waals surface area contributed by atoms with Crippen molar-refractivity contribution in [3.63, 3.8) is 0 Å². The fourth-order valence-electron chi connectivity index (χ4n) is 0.556. The third-order valence-electron chi connectivity index (χ3n) is 1.09. The summed E-state index contributed by atoms with van der Waals surface area (Å²) in [5, 5.41) is 0. The summed E-state index contributed by atoms with van der Waals surface area (Å²) in [6, 6.07) is 8.37. The van der Waals surface area contributed by atoms with E-state index in [0.29, 0.717) is 0 Å². The molecule has 0 spiro atoms. The van der Waals surface area contributed by atoms with Crippen LogP contribution in [0.5, 0.6) is 0 Å². The predicted octanol–water partition coefficient (Wildman–Crippen LogP) is 0.789. The van der Waals surface area contributed by atoms with Gasteiger partial charge in [0.25, 0.3) is 0 Å². The summed E-state index contributed by atoms with van der Waals surface area (Å²) < 4.78 is 1.38. The van der Waals surface area contributed by atoms with Gasteiger partial charge >= 0.3 is 62.7 Å². The molecule has 41 valence electrons. The molecule has 0 N–H and O–H groups in total. The third-order valence-corrected chi connectivity index (χ3v) is 2.40. The number of hydrogen-bond acceptors (Lipinski definition) is 0. The fourth-order valence-corrected chi connectivity index (χ4v) is 0.975. The fraction of sp³-hybridized carbons (Fsp3) is 0.143. The maximum absolute atomic E-state index is 2.12. The van der Waals surface area contributed by atoms with Crippen LogP contribution in [0.15, 0.2) is 24.3 Å². The minimum absolute atomic E-state index is 1.37. The zero-order valence-corrected chi connectivity index (χ0v) is 7.05. The number of rotatable bonds is 0. The second-order valence-corrected chi connectivity index (χ2v) is 3.02. The Morgan fingerprint density at radius 1 is 1.25 bits per heavy atom. The summed E-state index contributed by atoms with van der Waals surface area (Å²) in [5.41, 5.74) is 1.37. The Kier molecular flexibility index (Phi) is 1.94. The maximum atomic E-state index is 2.12. The Morgan fingerprint density at radius 3 is 2.25 bits per heavy atom. The Balaban J connectivity index is 3.13. The summed E-state index contributed by atoms with van der Waals surface area (Å²) >= 11 is 2.05. The Bertz CT molecular complexity index is 160. The van der Waals surface area contributed by atoms with Crippen molar-refractivity contribution in [2.24, 2.45) is 0 Å². The van der Waals surface area contributed by atoms with E-state index in [-0.39, 0.29) is 0 Å². The first-order chi connectivity index (χ1) is 3.80. The molecule has 0 aliphatic heterocycles. The summed E-state index contributed by atoms with van der Waals surface area (Å²) in [5.74, 6) is 0. The van der Waals surface area contributed by atoms with Crippen LogP contribution >= 0.6 is 0 Å². The van der Waals surface area contributed by atoms with Crippen LogP contribution in [0.1, 0.15) is 5.56 Å². The molecule has 0 heterocycles. The summed E-state index contributed by atoms with van der Waals surface area (Å²) in [6.45, 7) is 2.12. The molecule has 0 fully saturated rings. The van der Waals surface area contributed by atoms with Crippen LogP contribution < -0.4 is 3.61 Å². The number of hydrogen-bond donors (Lipinski definition) is 0. The molecule has 1 aromatic rings. The molecule has 0 saturated carbocycles. The third kappa shape index (κ3) is 1.24. The number of benzene rings is 1. The van der Waals surface area contributed by atoms with Crippen LogP contribution in [0.2, 0.25) is 0 Å². The average Bonchev–Trinajstić information content (AvgIpc) is 1.77. The monoisotopic (exact) mass is 221 g/mol. The second-order valence-electron chi connectivity index (χ2n) is 1.77. The molecular weight excluding hydrogens is 212 g/mol. The Labute approximate surface area is 62.8 Å². The number of aryl methyl sites for hydroxylation is 1. The molecule has 1 radical (unpaired) electrons. The van der Waals surface area contributed by atoms with E-state index < -0.39 is 0 Å². The van der Waals surface area contributed by atoms with Gasteiger partial charge in [-0.1, -0.05) is 0 Å². The van der Waals surface area contributed by atoms with E-state index >= 15 is 0 Å². The van der Waals surface area contributed by atoms with E-state index in [9.17, 15) is 0 Å². The topological polar surface area (TPSA) is 0 Å². The summed E-state index contributed by atoms with van der Waals surface area (Å²) in [7, 11) is 0. The Morgan fingerprint density at radius 2 is 1.88 bits per heavy atom. The van der Waals surface area contributed by atoms with Crippen LogP contribution in [0.3, 0.4) is 0 Å². The van der Waals surface area contributed by atoms with Gasteiger partial charge in [-0.25, -0.2) is 0 Å². The van der Waals surface area contributed by atoms with Gasteiger partial charge in [0.05, 0.1) is 0 Å². The quantitative estimate of drug-likeness (QED) is 0.565. The van der Waals surface area contributed by atoms with E-state index in [1.807, 2.05) is 0 Å². The molecule has 0 amide bonds. The van der Waals surface area contributed by atoms with Crippen LogP contribution in [0, 0.1) is 6.92 Å². The van der Waals surface area contributed by atoms with Crippen LogP contribution in [0.4, 0.5) is 0 Å². The molecule has 0 saturated heterocycles. The zero-order chi connectivity index (χ0) is 5.98. The van der Waals surface area contributed by atoms with Gasteiger partial charge in [0.15, 0.2) is 0 Å². The van der Waals surface area contributed by atoms with E-state index in [0.717, 1.165) is 0 Å². The zero-order valence-electron chi connectivity index (χ0n) is 4.72. The first kappa shape index (κ1) is 6.13. The molecule has 0 atom stereocenters. The first-order valence-electron chi connectivity index (χ1n) is 2.53. The summed E-state index contributed by atoms with van der Waals surface area (Å²) in [4.78, 5) is 0. The molecule has 0 nitrogen and oxygen atoms in total. The van der Waals surface area contributed by atoms with Crippen LogP contribution in [0.25, 0.3) is 0 Å². The van der Waals surface area contributed by atoms with Gasteiger partial charge in [-0.3, -0.25) is 0 Å². The normalized spacial score (nSPS) is 9.12. The molecule has 0 aliphatic carbocycles. The first-order valence-corrected chi connectivity index (χ1v) is 3.70. The second kappa shape index (κ2) is 2.53. The Hall–Kier alpha value is 0.00961.